The molecule has 4 heteroatoms. The van der Waals surface area contributed by atoms with Crippen LogP contribution in [0.4, 0.5) is 0 Å². The smallest absolute Gasteiger partial charge is 0.305 e. The highest BCUT2D eigenvalue weighted by Crippen LogP contribution is 1.95. The van der Waals surface area contributed by atoms with Crippen LogP contribution in [0, 0.1) is 0 Å². The van der Waals surface area contributed by atoms with Crippen molar-refractivity contribution in [3.63, 3.8) is 0 Å². The lowest BCUT2D eigenvalue weighted by molar-refractivity contribution is -0.143. The highest BCUT2D eigenvalue weighted by atomic mass is 16.5. The SMILES string of the molecule is C=C(C)C(=O)NCCOC(=O)CCCC. The fraction of sp³-hybridized carbons (Fsp3) is 0.636. The second-order valence-corrected chi connectivity index (χ2v) is 3.36. The van der Waals surface area contributed by atoms with Gasteiger partial charge in [-0.1, -0.05) is 19.9 Å². The molecule has 0 aliphatic rings. The number of amides is 1. The van der Waals surface area contributed by atoms with Crippen LogP contribution >= 0.6 is 0 Å². The van der Waals surface area contributed by atoms with Crippen molar-refractivity contribution in [2.24, 2.45) is 0 Å². The Balaban J connectivity index is 3.42. The van der Waals surface area contributed by atoms with Crippen molar-refractivity contribution in [1.82, 2.24) is 5.32 Å². The van der Waals surface area contributed by atoms with Crippen molar-refractivity contribution in [3.05, 3.63) is 12.2 Å². The van der Waals surface area contributed by atoms with Crippen molar-refractivity contribution in [2.45, 2.75) is 33.1 Å². The van der Waals surface area contributed by atoms with Gasteiger partial charge in [-0.05, 0) is 13.3 Å². The summed E-state index contributed by atoms with van der Waals surface area (Å²) in [5.41, 5.74) is 0.451. The summed E-state index contributed by atoms with van der Waals surface area (Å²) in [6.45, 7) is 7.69. The van der Waals surface area contributed by atoms with E-state index in [9.17, 15) is 9.59 Å². The lowest BCUT2D eigenvalue weighted by Crippen LogP contribution is -2.28. The fourth-order valence-corrected chi connectivity index (χ4v) is 0.874. The molecule has 0 fully saturated rings. The van der Waals surface area contributed by atoms with Gasteiger partial charge >= 0.3 is 5.97 Å². The average molecular weight is 213 g/mol. The van der Waals surface area contributed by atoms with Gasteiger partial charge in [0.25, 0.3) is 0 Å². The zero-order valence-corrected chi connectivity index (χ0v) is 9.47. The number of hydrogen-bond acceptors (Lipinski definition) is 3. The van der Waals surface area contributed by atoms with Gasteiger partial charge in [-0.15, -0.1) is 0 Å². The molecule has 0 bridgehead atoms. The van der Waals surface area contributed by atoms with Crippen LogP contribution in [0.5, 0.6) is 0 Å². The Morgan fingerprint density at radius 2 is 2.07 bits per heavy atom. The molecule has 0 heterocycles. The fourth-order valence-electron chi connectivity index (χ4n) is 0.874. The summed E-state index contributed by atoms with van der Waals surface area (Å²) in [6.07, 6.45) is 2.27. The average Bonchev–Trinajstić information content (AvgIpc) is 2.20. The van der Waals surface area contributed by atoms with Crippen molar-refractivity contribution in [1.29, 1.82) is 0 Å². The summed E-state index contributed by atoms with van der Waals surface area (Å²) < 4.78 is 4.89. The normalized spacial score (nSPS) is 9.47. The largest absolute Gasteiger partial charge is 0.464 e. The van der Waals surface area contributed by atoms with Crippen LogP contribution in [0.1, 0.15) is 33.1 Å². The molecule has 86 valence electrons. The van der Waals surface area contributed by atoms with Gasteiger partial charge in [0, 0.05) is 12.0 Å². The van der Waals surface area contributed by atoms with Crippen molar-refractivity contribution in [2.75, 3.05) is 13.2 Å². The maximum atomic E-state index is 11.0. The molecule has 0 radical (unpaired) electrons. The summed E-state index contributed by atoms with van der Waals surface area (Å²) in [4.78, 5) is 22.0. The number of ether oxygens (including phenoxy) is 1. The van der Waals surface area contributed by atoms with Crippen molar-refractivity contribution >= 4 is 11.9 Å². The minimum atomic E-state index is -0.209. The van der Waals surface area contributed by atoms with E-state index in [1.165, 1.54) is 0 Å². The molecular weight excluding hydrogens is 194 g/mol. The molecule has 0 spiro atoms. The molecule has 0 aromatic rings. The van der Waals surface area contributed by atoms with Crippen LogP contribution in [0.2, 0.25) is 0 Å². The predicted molar refractivity (Wildman–Crippen MR) is 58.3 cm³/mol. The van der Waals surface area contributed by atoms with E-state index < -0.39 is 0 Å². The number of unbranched alkanes of at least 4 members (excludes halogenated alkanes) is 1. The third-order valence-electron chi connectivity index (χ3n) is 1.77. The van der Waals surface area contributed by atoms with Gasteiger partial charge in [-0.3, -0.25) is 9.59 Å². The van der Waals surface area contributed by atoms with Gasteiger partial charge in [-0.25, -0.2) is 0 Å². The number of nitrogens with one attached hydrogen (secondary N) is 1. The molecule has 0 aromatic heterocycles. The molecule has 15 heavy (non-hydrogen) atoms. The number of carbonyl (C=O) groups excluding carboxylic acids is 2. The van der Waals surface area contributed by atoms with E-state index in [-0.39, 0.29) is 18.5 Å². The first kappa shape index (κ1) is 13.7. The first-order valence-electron chi connectivity index (χ1n) is 5.17. The number of hydrogen-bond donors (Lipinski definition) is 1. The topological polar surface area (TPSA) is 55.4 Å². The van der Waals surface area contributed by atoms with E-state index in [0.717, 1.165) is 12.8 Å². The molecule has 1 N–H and O–H groups in total. The maximum absolute atomic E-state index is 11.0. The Morgan fingerprint density at radius 1 is 1.40 bits per heavy atom. The summed E-state index contributed by atoms with van der Waals surface area (Å²) >= 11 is 0. The molecule has 0 saturated carbocycles. The zero-order valence-electron chi connectivity index (χ0n) is 9.47. The van der Waals surface area contributed by atoms with Crippen LogP contribution < -0.4 is 5.32 Å². The molecule has 0 aliphatic heterocycles. The predicted octanol–water partition coefficient (Wildman–Crippen LogP) is 1.41. The van der Waals surface area contributed by atoms with Gasteiger partial charge in [0.1, 0.15) is 6.61 Å². The van der Waals surface area contributed by atoms with E-state index in [1.54, 1.807) is 6.92 Å². The number of rotatable bonds is 7. The quantitative estimate of drug-likeness (QED) is 0.395. The second kappa shape index (κ2) is 8.03. The molecule has 0 aliphatic carbocycles. The lowest BCUT2D eigenvalue weighted by atomic mass is 10.2. The van der Waals surface area contributed by atoms with Gasteiger partial charge in [0.2, 0.25) is 5.91 Å². The number of carbonyl (C=O) groups is 2. The van der Waals surface area contributed by atoms with Gasteiger partial charge in [0.15, 0.2) is 0 Å². The first-order chi connectivity index (χ1) is 7.07. The minimum Gasteiger partial charge on any atom is -0.464 e. The van der Waals surface area contributed by atoms with Crippen LogP contribution in [-0.4, -0.2) is 25.0 Å². The highest BCUT2D eigenvalue weighted by Gasteiger charge is 2.03. The van der Waals surface area contributed by atoms with Crippen LogP contribution in [0.15, 0.2) is 12.2 Å². The van der Waals surface area contributed by atoms with Crippen LogP contribution in [0.3, 0.4) is 0 Å². The highest BCUT2D eigenvalue weighted by molar-refractivity contribution is 5.92. The van der Waals surface area contributed by atoms with Crippen LogP contribution in [0.25, 0.3) is 0 Å². The summed E-state index contributed by atoms with van der Waals surface area (Å²) in [5.74, 6) is -0.416. The summed E-state index contributed by atoms with van der Waals surface area (Å²) in [5, 5.41) is 2.58. The van der Waals surface area contributed by atoms with Crippen LogP contribution in [-0.2, 0) is 14.3 Å². The monoisotopic (exact) mass is 213 g/mol. The maximum Gasteiger partial charge on any atom is 0.305 e. The molecular formula is C11H19NO3. The molecule has 0 saturated heterocycles. The Hall–Kier alpha value is -1.32. The summed E-state index contributed by atoms with van der Waals surface area (Å²) in [6, 6.07) is 0. The Morgan fingerprint density at radius 3 is 2.60 bits per heavy atom. The molecule has 1 amide bonds. The third-order valence-corrected chi connectivity index (χ3v) is 1.77. The summed E-state index contributed by atoms with van der Waals surface area (Å²) in [7, 11) is 0. The molecule has 0 rings (SSSR count). The van der Waals surface area contributed by atoms with Crippen molar-refractivity contribution < 1.29 is 14.3 Å². The Labute approximate surface area is 90.7 Å². The molecule has 0 aromatic carbocycles. The van der Waals surface area contributed by atoms with Gasteiger partial charge in [0.05, 0.1) is 6.54 Å². The standard InChI is InChI=1S/C11H19NO3/c1-4-5-6-10(13)15-8-7-12-11(14)9(2)3/h2,4-8H2,1,3H3,(H,12,14). The Kier molecular flexibility index (Phi) is 7.32. The third kappa shape index (κ3) is 7.73. The van der Waals surface area contributed by atoms with E-state index in [2.05, 4.69) is 11.9 Å². The van der Waals surface area contributed by atoms with E-state index in [4.69, 9.17) is 4.74 Å². The first-order valence-corrected chi connectivity index (χ1v) is 5.17. The van der Waals surface area contributed by atoms with Gasteiger partial charge in [-0.2, -0.15) is 0 Å². The second-order valence-electron chi connectivity index (χ2n) is 3.36. The molecule has 0 atom stereocenters. The van der Waals surface area contributed by atoms with Gasteiger partial charge < -0.3 is 10.1 Å². The van der Waals surface area contributed by atoms with E-state index >= 15 is 0 Å². The minimum absolute atomic E-state index is 0.207. The molecule has 4 nitrogen and oxygen atoms in total. The molecule has 0 unspecified atom stereocenters. The van der Waals surface area contributed by atoms with Crippen molar-refractivity contribution in [3.8, 4) is 0 Å². The number of esters is 1. The van der Waals surface area contributed by atoms with E-state index in [0.29, 0.717) is 18.5 Å². The zero-order chi connectivity index (χ0) is 11.7. The Bertz CT molecular complexity index is 236. The van der Waals surface area contributed by atoms with E-state index in [1.807, 2.05) is 6.92 Å². The lowest BCUT2D eigenvalue weighted by Gasteiger charge is -2.05.